The van der Waals surface area contributed by atoms with Crippen molar-refractivity contribution in [3.8, 4) is 11.5 Å². The van der Waals surface area contributed by atoms with Crippen molar-refractivity contribution in [1.82, 2.24) is 5.32 Å². The Kier molecular flexibility index (Phi) is 3.63. The van der Waals surface area contributed by atoms with Gasteiger partial charge < -0.3 is 14.8 Å². The van der Waals surface area contributed by atoms with E-state index in [2.05, 4.69) is 5.32 Å². The molecule has 4 rings (SSSR count). The van der Waals surface area contributed by atoms with Gasteiger partial charge in [0.1, 0.15) is 5.82 Å². The number of halogens is 1. The van der Waals surface area contributed by atoms with E-state index in [9.17, 15) is 9.18 Å². The molecule has 1 N–H and O–H groups in total. The highest BCUT2D eigenvalue weighted by molar-refractivity contribution is 5.89. The van der Waals surface area contributed by atoms with Crippen molar-refractivity contribution >= 4 is 5.91 Å². The van der Waals surface area contributed by atoms with Gasteiger partial charge in [-0.1, -0.05) is 30.7 Å². The third-order valence-corrected chi connectivity index (χ3v) is 4.92. The molecule has 0 bridgehead atoms. The van der Waals surface area contributed by atoms with E-state index in [4.69, 9.17) is 9.47 Å². The SMILES string of the molecule is O=C(NCc1ccc2c(c1)OCO2)C1(c2ccccc2F)CCC1. The minimum atomic E-state index is -0.734. The molecule has 5 heteroatoms. The van der Waals surface area contributed by atoms with E-state index in [1.54, 1.807) is 18.2 Å². The molecule has 1 saturated carbocycles. The van der Waals surface area contributed by atoms with Crippen LogP contribution in [0.5, 0.6) is 11.5 Å². The minimum Gasteiger partial charge on any atom is -0.454 e. The molecule has 124 valence electrons. The molecule has 2 aromatic carbocycles. The van der Waals surface area contributed by atoms with Crippen LogP contribution in [0.2, 0.25) is 0 Å². The number of fused-ring (bicyclic) bond motifs is 1. The Morgan fingerprint density at radius 2 is 1.92 bits per heavy atom. The maximum absolute atomic E-state index is 14.2. The lowest BCUT2D eigenvalue weighted by Crippen LogP contribution is -2.49. The number of hydrogen-bond donors (Lipinski definition) is 1. The van der Waals surface area contributed by atoms with Gasteiger partial charge in [0.05, 0.1) is 5.41 Å². The molecule has 0 saturated heterocycles. The van der Waals surface area contributed by atoms with E-state index in [0.29, 0.717) is 36.4 Å². The molecule has 2 aliphatic rings. The Bertz CT molecular complexity index is 786. The number of ether oxygens (including phenoxy) is 2. The zero-order chi connectivity index (χ0) is 16.6. The van der Waals surface area contributed by atoms with E-state index >= 15 is 0 Å². The summed E-state index contributed by atoms with van der Waals surface area (Å²) >= 11 is 0. The van der Waals surface area contributed by atoms with Crippen LogP contribution in [0.1, 0.15) is 30.4 Å². The summed E-state index contributed by atoms with van der Waals surface area (Å²) in [6.07, 6.45) is 2.30. The topological polar surface area (TPSA) is 47.6 Å². The second-order valence-electron chi connectivity index (χ2n) is 6.29. The first-order chi connectivity index (χ1) is 11.7. The molecule has 1 aliphatic carbocycles. The normalized spacial score (nSPS) is 17.2. The van der Waals surface area contributed by atoms with Crippen molar-refractivity contribution in [2.45, 2.75) is 31.2 Å². The fourth-order valence-corrected chi connectivity index (χ4v) is 3.40. The molecule has 0 radical (unpaired) electrons. The first-order valence-corrected chi connectivity index (χ1v) is 8.11. The Morgan fingerprint density at radius 1 is 1.12 bits per heavy atom. The van der Waals surface area contributed by atoms with Gasteiger partial charge in [-0.15, -0.1) is 0 Å². The third-order valence-electron chi connectivity index (χ3n) is 4.92. The molecule has 24 heavy (non-hydrogen) atoms. The van der Waals surface area contributed by atoms with Crippen molar-refractivity contribution in [1.29, 1.82) is 0 Å². The lowest BCUT2D eigenvalue weighted by molar-refractivity contribution is -0.130. The third kappa shape index (κ3) is 2.40. The van der Waals surface area contributed by atoms with E-state index in [0.717, 1.165) is 12.0 Å². The van der Waals surface area contributed by atoms with Crippen LogP contribution in [0.3, 0.4) is 0 Å². The summed E-state index contributed by atoms with van der Waals surface area (Å²) in [4.78, 5) is 12.8. The highest BCUT2D eigenvalue weighted by atomic mass is 19.1. The molecule has 1 aliphatic heterocycles. The predicted octanol–water partition coefficient (Wildman–Crippen LogP) is 3.29. The van der Waals surface area contributed by atoms with Gasteiger partial charge in [-0.2, -0.15) is 0 Å². The number of hydrogen-bond acceptors (Lipinski definition) is 3. The molecule has 4 nitrogen and oxygen atoms in total. The average Bonchev–Trinajstić information content (AvgIpc) is 3.01. The lowest BCUT2D eigenvalue weighted by Gasteiger charge is -2.40. The van der Waals surface area contributed by atoms with Crippen LogP contribution in [-0.2, 0) is 16.8 Å². The van der Waals surface area contributed by atoms with Gasteiger partial charge in [0, 0.05) is 12.1 Å². The van der Waals surface area contributed by atoms with Crippen molar-refractivity contribution < 1.29 is 18.7 Å². The fourth-order valence-electron chi connectivity index (χ4n) is 3.40. The summed E-state index contributed by atoms with van der Waals surface area (Å²) in [5.41, 5.74) is 0.692. The first kappa shape index (κ1) is 15.0. The molecule has 0 atom stereocenters. The summed E-state index contributed by atoms with van der Waals surface area (Å²) in [7, 11) is 0. The van der Waals surface area contributed by atoms with Gasteiger partial charge >= 0.3 is 0 Å². The maximum Gasteiger partial charge on any atom is 0.231 e. The number of rotatable bonds is 4. The minimum absolute atomic E-state index is 0.114. The number of benzene rings is 2. The van der Waals surface area contributed by atoms with Gasteiger partial charge in [-0.25, -0.2) is 4.39 Å². The van der Waals surface area contributed by atoms with E-state index < -0.39 is 5.41 Å². The molecule has 0 spiro atoms. The molecule has 1 amide bonds. The van der Waals surface area contributed by atoms with Crippen LogP contribution >= 0.6 is 0 Å². The highest BCUT2D eigenvalue weighted by Gasteiger charge is 2.46. The molecule has 0 aromatic heterocycles. The zero-order valence-electron chi connectivity index (χ0n) is 13.2. The van der Waals surface area contributed by atoms with E-state index in [1.807, 2.05) is 18.2 Å². The Labute approximate surface area is 139 Å². The predicted molar refractivity (Wildman–Crippen MR) is 86.3 cm³/mol. The van der Waals surface area contributed by atoms with Crippen LogP contribution in [-0.4, -0.2) is 12.7 Å². The molecule has 0 unspecified atom stereocenters. The number of carbonyl (C=O) groups is 1. The number of carbonyl (C=O) groups excluding carboxylic acids is 1. The molecular weight excluding hydrogens is 309 g/mol. The largest absolute Gasteiger partial charge is 0.454 e. The number of nitrogens with one attached hydrogen (secondary N) is 1. The molecule has 1 heterocycles. The van der Waals surface area contributed by atoms with Crippen molar-refractivity contribution in [3.05, 3.63) is 59.4 Å². The summed E-state index contributed by atoms with van der Waals surface area (Å²) in [6.45, 7) is 0.604. The van der Waals surface area contributed by atoms with Gasteiger partial charge in [-0.3, -0.25) is 4.79 Å². The summed E-state index contributed by atoms with van der Waals surface area (Å²) in [5, 5.41) is 2.96. The lowest BCUT2D eigenvalue weighted by atomic mass is 9.63. The Balaban J connectivity index is 1.50. The van der Waals surface area contributed by atoms with Gasteiger partial charge in [0.2, 0.25) is 12.7 Å². The quantitative estimate of drug-likeness (QED) is 0.937. The maximum atomic E-state index is 14.2. The van der Waals surface area contributed by atoms with Crippen molar-refractivity contribution in [3.63, 3.8) is 0 Å². The van der Waals surface area contributed by atoms with Crippen LogP contribution in [0.15, 0.2) is 42.5 Å². The standard InChI is InChI=1S/C19H18FNO3/c20-15-5-2-1-4-14(15)19(8-3-9-19)18(22)21-11-13-6-7-16-17(10-13)24-12-23-16/h1-2,4-7,10H,3,8-9,11-12H2,(H,21,22). The summed E-state index contributed by atoms with van der Waals surface area (Å²) in [5.74, 6) is 0.980. The molecule has 1 fully saturated rings. The highest BCUT2D eigenvalue weighted by Crippen LogP contribution is 2.45. The molecular formula is C19H18FNO3. The van der Waals surface area contributed by atoms with E-state index in [1.165, 1.54) is 6.07 Å². The second kappa shape index (κ2) is 5.82. The monoisotopic (exact) mass is 327 g/mol. The van der Waals surface area contributed by atoms with Crippen LogP contribution in [0, 0.1) is 5.82 Å². The zero-order valence-corrected chi connectivity index (χ0v) is 13.2. The van der Waals surface area contributed by atoms with E-state index in [-0.39, 0.29) is 18.5 Å². The average molecular weight is 327 g/mol. The van der Waals surface area contributed by atoms with Crippen LogP contribution in [0.25, 0.3) is 0 Å². The Morgan fingerprint density at radius 3 is 2.67 bits per heavy atom. The van der Waals surface area contributed by atoms with Gasteiger partial charge in [0.15, 0.2) is 11.5 Å². The summed E-state index contributed by atoms with van der Waals surface area (Å²) in [6, 6.07) is 12.2. The summed E-state index contributed by atoms with van der Waals surface area (Å²) < 4.78 is 24.8. The fraction of sp³-hybridized carbons (Fsp3) is 0.316. The molecule has 2 aromatic rings. The van der Waals surface area contributed by atoms with Crippen molar-refractivity contribution in [2.24, 2.45) is 0 Å². The van der Waals surface area contributed by atoms with Crippen LogP contribution < -0.4 is 14.8 Å². The van der Waals surface area contributed by atoms with Crippen LogP contribution in [0.4, 0.5) is 4.39 Å². The first-order valence-electron chi connectivity index (χ1n) is 8.11. The van der Waals surface area contributed by atoms with Crippen molar-refractivity contribution in [2.75, 3.05) is 6.79 Å². The second-order valence-corrected chi connectivity index (χ2v) is 6.29. The van der Waals surface area contributed by atoms with Gasteiger partial charge in [0.25, 0.3) is 0 Å². The van der Waals surface area contributed by atoms with Gasteiger partial charge in [-0.05, 0) is 36.6 Å². The smallest absolute Gasteiger partial charge is 0.231 e. The number of amides is 1. The Hall–Kier alpha value is -2.56.